The second kappa shape index (κ2) is 8.77. The van der Waals surface area contributed by atoms with Crippen molar-refractivity contribution in [2.75, 3.05) is 32.9 Å². The van der Waals surface area contributed by atoms with Gasteiger partial charge in [-0.05, 0) is 30.6 Å². The fraction of sp³-hybridized carbons (Fsp3) is 0.615. The molecule has 7 heteroatoms. The molecule has 3 aliphatic rings. The molecule has 2 aromatic rings. The van der Waals surface area contributed by atoms with E-state index in [0.29, 0.717) is 39.1 Å². The van der Waals surface area contributed by atoms with Crippen molar-refractivity contribution in [1.82, 2.24) is 9.88 Å². The molecule has 1 aromatic carbocycles. The number of fused-ring (bicyclic) bond motifs is 2. The van der Waals surface area contributed by atoms with Crippen LogP contribution in [0.3, 0.4) is 0 Å². The van der Waals surface area contributed by atoms with Gasteiger partial charge in [-0.25, -0.2) is 4.98 Å². The number of benzene rings is 1. The minimum absolute atomic E-state index is 0.0336. The lowest BCUT2D eigenvalue weighted by Crippen LogP contribution is -2.58. The molecule has 6 nitrogen and oxygen atoms in total. The molecule has 5 atom stereocenters. The van der Waals surface area contributed by atoms with E-state index < -0.39 is 11.5 Å². The van der Waals surface area contributed by atoms with Crippen LogP contribution >= 0.6 is 11.3 Å². The van der Waals surface area contributed by atoms with E-state index >= 15 is 0 Å². The first-order valence-corrected chi connectivity index (χ1v) is 12.9. The molecule has 1 amide bonds. The zero-order valence-corrected chi connectivity index (χ0v) is 20.3. The Labute approximate surface area is 199 Å². The van der Waals surface area contributed by atoms with Gasteiger partial charge in [-0.1, -0.05) is 44.2 Å². The van der Waals surface area contributed by atoms with Crippen molar-refractivity contribution < 1.29 is 19.7 Å². The fourth-order valence-corrected chi connectivity index (χ4v) is 7.64. The summed E-state index contributed by atoms with van der Waals surface area (Å²) in [6.07, 6.45) is 2.12. The van der Waals surface area contributed by atoms with Crippen LogP contribution < -0.4 is 0 Å². The molecule has 2 fully saturated rings. The summed E-state index contributed by atoms with van der Waals surface area (Å²) in [6.45, 7) is 6.68. The molecule has 1 saturated heterocycles. The topological polar surface area (TPSA) is 82.9 Å². The lowest BCUT2D eigenvalue weighted by Gasteiger charge is -2.58. The minimum atomic E-state index is -0.595. The van der Waals surface area contributed by atoms with Crippen molar-refractivity contribution in [1.29, 1.82) is 0 Å². The molecule has 178 valence electrons. The van der Waals surface area contributed by atoms with Gasteiger partial charge in [0, 0.05) is 41.3 Å². The fourth-order valence-electron chi connectivity index (χ4n) is 6.47. The molecule has 2 aliphatic carbocycles. The number of nitrogens with zero attached hydrogens (tertiary/aromatic N) is 2. The molecule has 5 rings (SSSR count). The standard InChI is InChI=1S/C26H34N2O4S/c1-25-9-8-21(30)26(2,16-29)20(25)15-19-23(27-24(33-19)17-6-4-3-5-7-17)18(25)14-22(31)28-10-12-32-13-11-28/h3-7,18,20-21,29-30H,8-16H2,1-2H3. The summed E-state index contributed by atoms with van der Waals surface area (Å²) in [4.78, 5) is 21.7. The van der Waals surface area contributed by atoms with Gasteiger partial charge in [0.05, 0.1) is 31.6 Å². The second-order valence-corrected chi connectivity index (χ2v) is 11.5. The molecule has 0 spiro atoms. The largest absolute Gasteiger partial charge is 0.396 e. The summed E-state index contributed by atoms with van der Waals surface area (Å²) in [5, 5.41) is 22.3. The molecule has 33 heavy (non-hydrogen) atoms. The third-order valence-corrected chi connectivity index (χ3v) is 9.80. The van der Waals surface area contributed by atoms with Crippen LogP contribution in [-0.4, -0.2) is 65.0 Å². The van der Waals surface area contributed by atoms with Crippen molar-refractivity contribution >= 4 is 17.2 Å². The maximum absolute atomic E-state index is 13.4. The van der Waals surface area contributed by atoms with Gasteiger partial charge in [-0.15, -0.1) is 11.3 Å². The maximum atomic E-state index is 13.4. The number of morpholine rings is 1. The lowest BCUT2D eigenvalue weighted by atomic mass is 9.47. The average molecular weight is 471 g/mol. The maximum Gasteiger partial charge on any atom is 0.223 e. The van der Waals surface area contributed by atoms with E-state index in [2.05, 4.69) is 19.1 Å². The molecule has 0 bridgehead atoms. The Morgan fingerprint density at radius 1 is 1.24 bits per heavy atom. The Bertz CT molecular complexity index is 1000. The number of carbonyl (C=O) groups is 1. The van der Waals surface area contributed by atoms with Crippen LogP contribution in [0, 0.1) is 16.7 Å². The number of aromatic nitrogens is 1. The first-order valence-electron chi connectivity index (χ1n) is 12.1. The Morgan fingerprint density at radius 2 is 1.97 bits per heavy atom. The molecule has 1 aliphatic heterocycles. The van der Waals surface area contributed by atoms with Crippen LogP contribution in [0.25, 0.3) is 10.6 Å². The zero-order chi connectivity index (χ0) is 23.2. The predicted molar refractivity (Wildman–Crippen MR) is 128 cm³/mol. The van der Waals surface area contributed by atoms with E-state index in [0.717, 1.165) is 29.1 Å². The summed E-state index contributed by atoms with van der Waals surface area (Å²) in [7, 11) is 0. The third kappa shape index (κ3) is 3.83. The summed E-state index contributed by atoms with van der Waals surface area (Å²) in [6, 6.07) is 10.2. The number of hydrogen-bond donors (Lipinski definition) is 2. The number of carbonyl (C=O) groups excluding carboxylic acids is 1. The number of aliphatic hydroxyl groups is 2. The van der Waals surface area contributed by atoms with Crippen molar-refractivity contribution in [2.24, 2.45) is 16.7 Å². The normalized spacial score (nSPS) is 33.9. The van der Waals surface area contributed by atoms with E-state index in [1.165, 1.54) is 4.88 Å². The van der Waals surface area contributed by atoms with E-state index in [-0.39, 0.29) is 29.8 Å². The van der Waals surface area contributed by atoms with Gasteiger partial charge >= 0.3 is 0 Å². The summed E-state index contributed by atoms with van der Waals surface area (Å²) >= 11 is 1.70. The van der Waals surface area contributed by atoms with Gasteiger partial charge in [-0.2, -0.15) is 0 Å². The number of hydrogen-bond acceptors (Lipinski definition) is 6. The van der Waals surface area contributed by atoms with Crippen LogP contribution in [0.15, 0.2) is 30.3 Å². The van der Waals surface area contributed by atoms with Gasteiger partial charge in [-0.3, -0.25) is 4.79 Å². The highest BCUT2D eigenvalue weighted by molar-refractivity contribution is 7.15. The minimum Gasteiger partial charge on any atom is -0.396 e. The van der Waals surface area contributed by atoms with Crippen LogP contribution in [0.4, 0.5) is 0 Å². The van der Waals surface area contributed by atoms with E-state index in [1.807, 2.05) is 30.0 Å². The van der Waals surface area contributed by atoms with Gasteiger partial charge < -0.3 is 19.8 Å². The Kier molecular flexibility index (Phi) is 6.10. The second-order valence-electron chi connectivity index (χ2n) is 10.4. The Morgan fingerprint density at radius 3 is 2.67 bits per heavy atom. The highest BCUT2D eigenvalue weighted by Crippen LogP contribution is 2.63. The zero-order valence-electron chi connectivity index (χ0n) is 19.5. The molecule has 2 N–H and O–H groups in total. The van der Waals surface area contributed by atoms with Crippen molar-refractivity contribution in [2.45, 2.75) is 51.6 Å². The van der Waals surface area contributed by atoms with Crippen molar-refractivity contribution in [3.05, 3.63) is 40.9 Å². The first-order chi connectivity index (χ1) is 15.9. The highest BCUT2D eigenvalue weighted by Gasteiger charge is 2.59. The number of rotatable bonds is 4. The number of amides is 1. The monoisotopic (exact) mass is 470 g/mol. The van der Waals surface area contributed by atoms with Crippen LogP contribution in [-0.2, 0) is 16.0 Å². The predicted octanol–water partition coefficient (Wildman–Crippen LogP) is 3.47. The van der Waals surface area contributed by atoms with Crippen LogP contribution in [0.5, 0.6) is 0 Å². The molecule has 1 aromatic heterocycles. The van der Waals surface area contributed by atoms with Crippen molar-refractivity contribution in [3.8, 4) is 10.6 Å². The van der Waals surface area contributed by atoms with Crippen LogP contribution in [0.1, 0.15) is 49.6 Å². The average Bonchev–Trinajstić information content (AvgIpc) is 3.28. The van der Waals surface area contributed by atoms with Gasteiger partial charge in [0.2, 0.25) is 5.91 Å². The molecule has 2 heterocycles. The smallest absolute Gasteiger partial charge is 0.223 e. The molecule has 0 radical (unpaired) electrons. The Hall–Kier alpha value is -1.80. The van der Waals surface area contributed by atoms with E-state index in [9.17, 15) is 15.0 Å². The molecular formula is C26H34N2O4S. The highest BCUT2D eigenvalue weighted by atomic mass is 32.1. The molecular weight excluding hydrogens is 436 g/mol. The number of aliphatic hydroxyl groups excluding tert-OH is 2. The number of thiazole rings is 1. The van der Waals surface area contributed by atoms with Gasteiger partial charge in [0.15, 0.2) is 0 Å². The van der Waals surface area contributed by atoms with E-state index in [4.69, 9.17) is 9.72 Å². The van der Waals surface area contributed by atoms with Gasteiger partial charge in [0.1, 0.15) is 5.01 Å². The first kappa shape index (κ1) is 23.0. The molecule has 1 saturated carbocycles. The van der Waals surface area contributed by atoms with Gasteiger partial charge in [0.25, 0.3) is 0 Å². The summed E-state index contributed by atoms with van der Waals surface area (Å²) in [5.74, 6) is 0.203. The summed E-state index contributed by atoms with van der Waals surface area (Å²) in [5.41, 5.74) is 1.33. The SMILES string of the molecule is CC1(CO)C(O)CCC2(C)C(CC(=O)N3CCOCC3)c3nc(-c4ccccc4)sc3CC12. The summed E-state index contributed by atoms with van der Waals surface area (Å²) < 4.78 is 5.45. The van der Waals surface area contributed by atoms with Crippen molar-refractivity contribution in [3.63, 3.8) is 0 Å². The Balaban J connectivity index is 1.57. The van der Waals surface area contributed by atoms with Crippen LogP contribution in [0.2, 0.25) is 0 Å². The quantitative estimate of drug-likeness (QED) is 0.715. The lowest BCUT2D eigenvalue weighted by molar-refractivity contribution is -0.149. The third-order valence-electron chi connectivity index (χ3n) is 8.66. The molecule has 5 unspecified atom stereocenters. The van der Waals surface area contributed by atoms with E-state index in [1.54, 1.807) is 11.3 Å². The number of ether oxygens (including phenoxy) is 1.